The molecule has 16 heteroatoms. The van der Waals surface area contributed by atoms with E-state index in [0.29, 0.717) is 70.9 Å². The number of ketones is 1. The average Bonchev–Trinajstić information content (AvgIpc) is 3.68. The lowest BCUT2D eigenvalue weighted by Crippen LogP contribution is -2.44. The van der Waals surface area contributed by atoms with Gasteiger partial charge in [-0.15, -0.1) is 0 Å². The molecule has 6 aromatic rings. The Morgan fingerprint density at radius 2 is 1.60 bits per heavy atom. The fourth-order valence-electron chi connectivity index (χ4n) is 12.7. The van der Waals surface area contributed by atoms with Crippen LogP contribution in [0.5, 0.6) is 0 Å². The summed E-state index contributed by atoms with van der Waals surface area (Å²) in [6, 6.07) is 11.3. The molecule has 2 aliphatic carbocycles. The van der Waals surface area contributed by atoms with Gasteiger partial charge in [-0.25, -0.2) is 23.4 Å². The summed E-state index contributed by atoms with van der Waals surface area (Å²) in [6.45, 7) is 5.57. The Morgan fingerprint density at radius 1 is 0.847 bits per heavy atom. The molecule has 3 unspecified atom stereocenters. The molecule has 2 amide bonds. The zero-order chi connectivity index (χ0) is 50.5. The van der Waals surface area contributed by atoms with Crippen LogP contribution in [-0.4, -0.2) is 66.0 Å². The quantitative estimate of drug-likeness (QED) is 0.0901. The number of hydrogen-bond donors (Lipinski definition) is 2. The van der Waals surface area contributed by atoms with Crippen LogP contribution in [0.2, 0.25) is 0 Å². The van der Waals surface area contributed by atoms with Gasteiger partial charge in [0.1, 0.15) is 29.1 Å². The minimum absolute atomic E-state index is 0.00450. The largest absolute Gasteiger partial charge is 0.373 e. The highest BCUT2D eigenvalue weighted by atomic mass is 19.1. The third-order valence-corrected chi connectivity index (χ3v) is 16.8. The van der Waals surface area contributed by atoms with Crippen LogP contribution in [0.3, 0.4) is 0 Å². The number of allylic oxidation sites excluding steroid dienone is 2. The molecule has 1 saturated carbocycles. The molecule has 2 N–H and O–H groups in total. The van der Waals surface area contributed by atoms with E-state index in [2.05, 4.69) is 49.1 Å². The second kappa shape index (κ2) is 20.1. The smallest absolute Gasteiger partial charge is 0.354 e. The first kappa shape index (κ1) is 48.9. The van der Waals surface area contributed by atoms with Crippen molar-refractivity contribution >= 4 is 56.7 Å². The number of rotatable bonds is 12. The summed E-state index contributed by atoms with van der Waals surface area (Å²) in [6.07, 6.45) is 16.9. The Bertz CT molecular complexity index is 3240. The Morgan fingerprint density at radius 3 is 2.32 bits per heavy atom. The van der Waals surface area contributed by atoms with Crippen LogP contribution >= 0.6 is 0 Å². The third-order valence-electron chi connectivity index (χ3n) is 16.8. The van der Waals surface area contributed by atoms with Crippen molar-refractivity contribution in [2.24, 2.45) is 37.8 Å². The van der Waals surface area contributed by atoms with Crippen LogP contribution in [0.25, 0.3) is 33.3 Å². The van der Waals surface area contributed by atoms with Gasteiger partial charge < -0.3 is 14.8 Å². The van der Waals surface area contributed by atoms with Crippen molar-refractivity contribution in [2.45, 2.75) is 116 Å². The maximum atomic E-state index is 16.2. The molecule has 10 rings (SSSR count). The van der Waals surface area contributed by atoms with E-state index in [4.69, 9.17) is 0 Å². The SMILES string of the molecule is CNc1ccn(-c2ccnc3c2cc(C(C)C2CC=C(c4c(C)cc(C(=O)CC5CCC(CC6CCN(c7cc8c(cc7F)n(C7CCC(=O)NC7=O)c(=O)n8C)CC6)CC5)cc4F)CCC2)n3C)c(=O)n1. The molecule has 2 aromatic carbocycles. The highest BCUT2D eigenvalue weighted by Crippen LogP contribution is 2.42. The molecule has 3 atom stereocenters. The molecule has 0 bridgehead atoms. The lowest BCUT2D eigenvalue weighted by molar-refractivity contribution is -0.135. The fourth-order valence-corrected chi connectivity index (χ4v) is 12.7. The van der Waals surface area contributed by atoms with Gasteiger partial charge in [0.25, 0.3) is 0 Å². The summed E-state index contributed by atoms with van der Waals surface area (Å²) in [5.41, 5.74) is 6.06. The highest BCUT2D eigenvalue weighted by Gasteiger charge is 2.34. The molecule has 4 aromatic heterocycles. The number of imidazole rings is 1. The van der Waals surface area contributed by atoms with Gasteiger partial charge in [-0.3, -0.25) is 33.4 Å². The number of hydrogen-bond acceptors (Lipinski definition) is 9. The number of carbonyl (C=O) groups is 3. The lowest BCUT2D eigenvalue weighted by Gasteiger charge is -2.36. The van der Waals surface area contributed by atoms with E-state index >= 15 is 8.78 Å². The molecule has 72 heavy (non-hydrogen) atoms. The van der Waals surface area contributed by atoms with Gasteiger partial charge in [0.05, 0.1) is 22.4 Å². The van der Waals surface area contributed by atoms with E-state index < -0.39 is 23.5 Å². The Kier molecular flexibility index (Phi) is 13.6. The maximum absolute atomic E-state index is 16.2. The predicted molar refractivity (Wildman–Crippen MR) is 276 cm³/mol. The number of piperidine rings is 2. The highest BCUT2D eigenvalue weighted by molar-refractivity contribution is 6.00. The van der Waals surface area contributed by atoms with Gasteiger partial charge in [-0.1, -0.05) is 25.8 Å². The Hall–Kier alpha value is -6.71. The molecule has 2 saturated heterocycles. The molecule has 4 aliphatic rings. The molecule has 14 nitrogen and oxygen atoms in total. The number of halogens is 2. The number of aryl methyl sites for hydroxylation is 3. The molecule has 0 spiro atoms. The predicted octanol–water partition coefficient (Wildman–Crippen LogP) is 9.44. The number of benzene rings is 2. The van der Waals surface area contributed by atoms with Gasteiger partial charge in [0.2, 0.25) is 11.8 Å². The average molecular weight is 982 g/mol. The molecular weight excluding hydrogens is 917 g/mol. The monoisotopic (exact) mass is 982 g/mol. The van der Waals surface area contributed by atoms with Crippen molar-refractivity contribution < 1.29 is 23.2 Å². The lowest BCUT2D eigenvalue weighted by atomic mass is 9.75. The van der Waals surface area contributed by atoms with Gasteiger partial charge >= 0.3 is 11.4 Å². The zero-order valence-electron chi connectivity index (χ0n) is 42.0. The number of carbonyl (C=O) groups excluding carboxylic acids is 3. The summed E-state index contributed by atoms with van der Waals surface area (Å²) in [4.78, 5) is 75.3. The van der Waals surface area contributed by atoms with Gasteiger partial charge in [-0.2, -0.15) is 4.98 Å². The van der Waals surface area contributed by atoms with Crippen molar-refractivity contribution in [3.05, 3.63) is 116 Å². The molecule has 378 valence electrons. The van der Waals surface area contributed by atoms with E-state index in [1.807, 2.05) is 26.1 Å². The first-order valence-electron chi connectivity index (χ1n) is 25.9. The van der Waals surface area contributed by atoms with Gasteiger partial charge in [0.15, 0.2) is 5.78 Å². The van der Waals surface area contributed by atoms with E-state index in [-0.39, 0.29) is 47.9 Å². The summed E-state index contributed by atoms with van der Waals surface area (Å²) in [7, 11) is 5.37. The Balaban J connectivity index is 0.721. The summed E-state index contributed by atoms with van der Waals surface area (Å²) < 4.78 is 38.4. The van der Waals surface area contributed by atoms with Crippen LogP contribution < -0.4 is 26.9 Å². The molecule has 0 radical (unpaired) electrons. The van der Waals surface area contributed by atoms with E-state index in [1.165, 1.54) is 21.3 Å². The zero-order valence-corrected chi connectivity index (χ0v) is 42.0. The number of pyridine rings is 1. The van der Waals surface area contributed by atoms with Crippen LogP contribution in [0.15, 0.2) is 70.5 Å². The topological polar surface area (TPSA) is 158 Å². The standard InChI is InChI=1S/C56H65F2N9O5/c1-32-25-39(28-42(58)52(32)38-8-6-7-37(13-14-38)33(2)45-29-40-43(17-21-60-53(40)63(45)4)66-24-20-50(59-3)61-55(66)71)49(68)27-35-11-9-34(10-12-35)26-36-18-22-65(23-19-36)46-31-47-48(30-41(46)57)67(56(72)64(47)5)44-15-16-51(69)62-54(44)70/h14,17,20-21,24-25,28-31,33-37,44H,6-13,15-16,18-19,22-23,26-27H2,1-5H3,(H,59,61,71)(H,62,69,70). The molecule has 6 heterocycles. The summed E-state index contributed by atoms with van der Waals surface area (Å²) in [5, 5.41) is 6.10. The normalized spacial score (nSPS) is 21.7. The maximum Gasteiger partial charge on any atom is 0.354 e. The number of Topliss-reactive ketones (excluding diaryl/α,β-unsaturated/α-hetero) is 1. The van der Waals surface area contributed by atoms with Crippen LogP contribution in [0.4, 0.5) is 20.3 Å². The van der Waals surface area contributed by atoms with Gasteiger partial charge in [-0.05, 0) is 148 Å². The minimum atomic E-state index is -0.870. The summed E-state index contributed by atoms with van der Waals surface area (Å²) >= 11 is 0. The molecular formula is C56H65F2N9O5. The number of fused-ring (bicyclic) bond motifs is 2. The van der Waals surface area contributed by atoms with Crippen molar-refractivity contribution in [2.75, 3.05) is 30.4 Å². The van der Waals surface area contributed by atoms with Crippen LogP contribution in [0, 0.1) is 42.2 Å². The van der Waals surface area contributed by atoms with Crippen LogP contribution in [0.1, 0.15) is 136 Å². The van der Waals surface area contributed by atoms with Gasteiger partial charge in [0, 0.05) is 87.7 Å². The van der Waals surface area contributed by atoms with Crippen LogP contribution in [-0.2, 0) is 23.7 Å². The first-order valence-corrected chi connectivity index (χ1v) is 25.9. The van der Waals surface area contributed by atoms with Crippen molar-refractivity contribution in [3.8, 4) is 5.69 Å². The second-order valence-corrected chi connectivity index (χ2v) is 21.1. The van der Waals surface area contributed by atoms with E-state index in [9.17, 15) is 24.0 Å². The number of anilines is 2. The Labute approximate surface area is 417 Å². The number of nitrogens with one attached hydrogen (secondary N) is 2. The fraction of sp³-hybridized carbons (Fsp3) is 0.482. The molecule has 3 fully saturated rings. The van der Waals surface area contributed by atoms with E-state index in [1.54, 1.807) is 43.2 Å². The number of amides is 2. The third kappa shape index (κ3) is 9.32. The summed E-state index contributed by atoms with van der Waals surface area (Å²) in [5.74, 6) is 0.675. The molecule has 2 aliphatic heterocycles. The van der Waals surface area contributed by atoms with E-state index in [0.717, 1.165) is 104 Å². The number of nitrogens with zero attached hydrogens (tertiary/aromatic N) is 7. The second-order valence-electron chi connectivity index (χ2n) is 21.1. The van der Waals surface area contributed by atoms with Crippen molar-refractivity contribution in [3.63, 3.8) is 0 Å². The minimum Gasteiger partial charge on any atom is -0.373 e. The van der Waals surface area contributed by atoms with Crippen molar-refractivity contribution in [1.29, 1.82) is 0 Å². The first-order chi connectivity index (χ1) is 34.7. The van der Waals surface area contributed by atoms with Crippen molar-refractivity contribution in [1.82, 2.24) is 33.6 Å². The number of aromatic nitrogens is 6. The number of imide groups is 1.